The van der Waals surface area contributed by atoms with Gasteiger partial charge in [0.2, 0.25) is 15.9 Å². The summed E-state index contributed by atoms with van der Waals surface area (Å²) in [6, 6.07) is 6.96. The van der Waals surface area contributed by atoms with Crippen LogP contribution in [0.4, 0.5) is 0 Å². The number of nitrogens with zero attached hydrogens (tertiary/aromatic N) is 1. The topological polar surface area (TPSA) is 92.5 Å². The van der Waals surface area contributed by atoms with E-state index in [4.69, 9.17) is 5.73 Å². The van der Waals surface area contributed by atoms with E-state index >= 15 is 0 Å². The molecule has 0 aromatic heterocycles. The van der Waals surface area contributed by atoms with Crippen molar-refractivity contribution in [2.24, 2.45) is 11.7 Å². The Balaban J connectivity index is 2.10. The number of nitrogens with two attached hydrogens (primary N) is 1. The second-order valence-electron chi connectivity index (χ2n) is 5.78. The molecule has 0 radical (unpaired) electrons. The highest BCUT2D eigenvalue weighted by atomic mass is 32.2. The summed E-state index contributed by atoms with van der Waals surface area (Å²) < 4.78 is 26.9. The molecular weight excluding hydrogens is 314 g/mol. The van der Waals surface area contributed by atoms with E-state index in [-0.39, 0.29) is 23.3 Å². The lowest BCUT2D eigenvalue weighted by Gasteiger charge is -2.31. The zero-order chi connectivity index (χ0) is 16.9. The lowest BCUT2D eigenvalue weighted by molar-refractivity contribution is -0.126. The van der Waals surface area contributed by atoms with Gasteiger partial charge in [-0.2, -0.15) is 4.31 Å². The Morgan fingerprint density at radius 2 is 2.04 bits per heavy atom. The van der Waals surface area contributed by atoms with E-state index in [9.17, 15) is 13.2 Å². The van der Waals surface area contributed by atoms with Gasteiger partial charge in [0.05, 0.1) is 10.8 Å². The number of hydrogen-bond acceptors (Lipinski definition) is 4. The number of rotatable bonds is 6. The van der Waals surface area contributed by atoms with Gasteiger partial charge in [0.1, 0.15) is 0 Å². The Bertz CT molecular complexity index is 628. The van der Waals surface area contributed by atoms with E-state index in [0.717, 1.165) is 12.0 Å². The molecule has 0 aliphatic carbocycles. The first kappa shape index (κ1) is 17.9. The number of aryl methyl sites for hydroxylation is 1. The molecule has 7 heteroatoms. The van der Waals surface area contributed by atoms with Gasteiger partial charge < -0.3 is 11.1 Å². The van der Waals surface area contributed by atoms with Gasteiger partial charge in [-0.25, -0.2) is 8.42 Å². The van der Waals surface area contributed by atoms with Crippen LogP contribution >= 0.6 is 0 Å². The largest absolute Gasteiger partial charge is 0.355 e. The number of piperidine rings is 1. The molecule has 1 aliphatic rings. The number of carbonyl (C=O) groups is 1. The van der Waals surface area contributed by atoms with E-state index in [2.05, 4.69) is 5.32 Å². The fourth-order valence-electron chi connectivity index (χ4n) is 2.76. The van der Waals surface area contributed by atoms with E-state index in [1.165, 1.54) is 4.31 Å². The molecule has 6 nitrogen and oxygen atoms in total. The monoisotopic (exact) mass is 339 g/mol. The third kappa shape index (κ3) is 4.31. The van der Waals surface area contributed by atoms with Crippen LogP contribution in [0.25, 0.3) is 0 Å². The molecule has 0 spiro atoms. The van der Waals surface area contributed by atoms with Crippen LogP contribution in [-0.4, -0.2) is 44.8 Å². The normalized spacial score (nSPS) is 19.5. The molecule has 1 aromatic carbocycles. The molecular formula is C16H25N3O3S. The Kier molecular flexibility index (Phi) is 6.15. The molecule has 3 N–H and O–H groups in total. The minimum absolute atomic E-state index is 0.114. The van der Waals surface area contributed by atoms with Crippen molar-refractivity contribution in [3.8, 4) is 0 Å². The van der Waals surface area contributed by atoms with Crippen molar-refractivity contribution in [3.63, 3.8) is 0 Å². The number of sulfonamides is 1. The minimum atomic E-state index is -3.55. The molecule has 2 rings (SSSR count). The number of amides is 1. The quantitative estimate of drug-likeness (QED) is 0.799. The number of benzene rings is 1. The van der Waals surface area contributed by atoms with Gasteiger partial charge in [-0.15, -0.1) is 0 Å². The van der Waals surface area contributed by atoms with Gasteiger partial charge in [-0.3, -0.25) is 4.79 Å². The van der Waals surface area contributed by atoms with E-state index in [1.54, 1.807) is 12.1 Å². The molecule has 1 fully saturated rings. The number of nitrogens with one attached hydrogen (secondary N) is 1. The zero-order valence-electron chi connectivity index (χ0n) is 13.5. The van der Waals surface area contributed by atoms with Gasteiger partial charge in [0.15, 0.2) is 0 Å². The third-order valence-electron chi connectivity index (χ3n) is 4.17. The van der Waals surface area contributed by atoms with Crippen molar-refractivity contribution in [3.05, 3.63) is 29.8 Å². The first-order valence-electron chi connectivity index (χ1n) is 8.06. The Morgan fingerprint density at radius 3 is 2.65 bits per heavy atom. The molecule has 0 saturated carbocycles. The summed E-state index contributed by atoms with van der Waals surface area (Å²) in [5.74, 6) is -0.420. The molecule has 1 atom stereocenters. The SMILES string of the molecule is CCc1ccc(S(=O)(=O)N2CCCC(C(=O)NCCN)C2)cc1. The van der Waals surface area contributed by atoms with E-state index < -0.39 is 10.0 Å². The van der Waals surface area contributed by atoms with Crippen LogP contribution in [0, 0.1) is 5.92 Å². The van der Waals surface area contributed by atoms with Gasteiger partial charge >= 0.3 is 0 Å². The smallest absolute Gasteiger partial charge is 0.243 e. The summed E-state index contributed by atoms with van der Waals surface area (Å²) in [5.41, 5.74) is 6.48. The Hall–Kier alpha value is -1.44. The highest BCUT2D eigenvalue weighted by Gasteiger charge is 2.33. The zero-order valence-corrected chi connectivity index (χ0v) is 14.3. The molecule has 1 unspecified atom stereocenters. The lowest BCUT2D eigenvalue weighted by atomic mass is 9.99. The van der Waals surface area contributed by atoms with Crippen LogP contribution in [0.5, 0.6) is 0 Å². The second kappa shape index (κ2) is 7.90. The summed E-state index contributed by atoms with van der Waals surface area (Å²) in [6.07, 6.45) is 2.26. The standard InChI is InChI=1S/C16H25N3O3S/c1-2-13-5-7-15(8-6-13)23(21,22)19-11-3-4-14(12-19)16(20)18-10-9-17/h5-8,14H,2-4,9-12,17H2,1H3,(H,18,20). The van der Waals surface area contributed by atoms with Crippen LogP contribution in [0.3, 0.4) is 0 Å². The van der Waals surface area contributed by atoms with Gasteiger partial charge in [-0.05, 0) is 37.0 Å². The maximum Gasteiger partial charge on any atom is 0.243 e. The van der Waals surface area contributed by atoms with Gasteiger partial charge in [0.25, 0.3) is 0 Å². The predicted molar refractivity (Wildman–Crippen MR) is 89.4 cm³/mol. The fraction of sp³-hybridized carbons (Fsp3) is 0.562. The van der Waals surface area contributed by atoms with Crippen LogP contribution < -0.4 is 11.1 Å². The maximum atomic E-state index is 12.7. The highest BCUT2D eigenvalue weighted by Crippen LogP contribution is 2.24. The van der Waals surface area contributed by atoms with Crippen molar-refractivity contribution >= 4 is 15.9 Å². The molecule has 1 amide bonds. The van der Waals surface area contributed by atoms with Crippen LogP contribution in [0.2, 0.25) is 0 Å². The number of carbonyl (C=O) groups excluding carboxylic acids is 1. The fourth-order valence-corrected chi connectivity index (χ4v) is 4.28. The van der Waals surface area contributed by atoms with Crippen LogP contribution in [0.15, 0.2) is 29.2 Å². The maximum absolute atomic E-state index is 12.7. The lowest BCUT2D eigenvalue weighted by Crippen LogP contribution is -2.46. The van der Waals surface area contributed by atoms with Crippen molar-refractivity contribution in [1.82, 2.24) is 9.62 Å². The highest BCUT2D eigenvalue weighted by molar-refractivity contribution is 7.89. The summed E-state index contributed by atoms with van der Waals surface area (Å²) in [6.45, 7) is 3.51. The summed E-state index contributed by atoms with van der Waals surface area (Å²) in [4.78, 5) is 12.4. The molecule has 1 aliphatic heterocycles. The van der Waals surface area contributed by atoms with E-state index in [0.29, 0.717) is 32.5 Å². The van der Waals surface area contributed by atoms with Crippen LogP contribution in [-0.2, 0) is 21.2 Å². The number of hydrogen-bond donors (Lipinski definition) is 2. The van der Waals surface area contributed by atoms with Crippen molar-refractivity contribution in [1.29, 1.82) is 0 Å². The predicted octanol–water partition coefficient (Wildman–Crippen LogP) is 0.725. The minimum Gasteiger partial charge on any atom is -0.355 e. The molecule has 128 valence electrons. The third-order valence-corrected chi connectivity index (χ3v) is 6.05. The molecule has 0 bridgehead atoms. The van der Waals surface area contributed by atoms with Crippen molar-refractivity contribution < 1.29 is 13.2 Å². The molecule has 1 heterocycles. The Labute approximate surface area is 138 Å². The summed E-state index contributed by atoms with van der Waals surface area (Å²) in [5, 5.41) is 2.74. The summed E-state index contributed by atoms with van der Waals surface area (Å²) >= 11 is 0. The second-order valence-corrected chi connectivity index (χ2v) is 7.72. The van der Waals surface area contributed by atoms with E-state index in [1.807, 2.05) is 19.1 Å². The average molecular weight is 339 g/mol. The molecule has 1 saturated heterocycles. The molecule has 1 aromatic rings. The van der Waals surface area contributed by atoms with Gasteiger partial charge in [-0.1, -0.05) is 19.1 Å². The summed E-state index contributed by atoms with van der Waals surface area (Å²) in [7, 11) is -3.55. The average Bonchev–Trinajstić information content (AvgIpc) is 2.59. The van der Waals surface area contributed by atoms with Crippen molar-refractivity contribution in [2.75, 3.05) is 26.2 Å². The first-order chi connectivity index (χ1) is 11.0. The van der Waals surface area contributed by atoms with Crippen molar-refractivity contribution in [2.45, 2.75) is 31.1 Å². The Morgan fingerprint density at radius 1 is 1.35 bits per heavy atom. The van der Waals surface area contributed by atoms with Crippen LogP contribution in [0.1, 0.15) is 25.3 Å². The first-order valence-corrected chi connectivity index (χ1v) is 9.50. The molecule has 23 heavy (non-hydrogen) atoms. The van der Waals surface area contributed by atoms with Gasteiger partial charge in [0, 0.05) is 26.2 Å².